The summed E-state index contributed by atoms with van der Waals surface area (Å²) in [5.74, 6) is -3.87. The second-order valence-corrected chi connectivity index (χ2v) is 13.4. The second-order valence-electron chi connectivity index (χ2n) is 11.1. The summed E-state index contributed by atoms with van der Waals surface area (Å²) in [6.45, 7) is 0.209. The van der Waals surface area contributed by atoms with Crippen molar-refractivity contribution < 1.29 is 37.2 Å². The number of rotatable bonds is 5. The number of ether oxygens (including phenoxy) is 1. The van der Waals surface area contributed by atoms with Gasteiger partial charge in [0.15, 0.2) is 9.84 Å². The molecule has 0 radical (unpaired) electrons. The monoisotopic (exact) mass is 586 g/mol. The summed E-state index contributed by atoms with van der Waals surface area (Å²) in [7, 11) is -3.59. The molecule has 7 rings (SSSR count). The summed E-state index contributed by atoms with van der Waals surface area (Å²) in [4.78, 5) is 57.5. The number of hydrogen-bond acceptors (Lipinski definition) is 8. The topological polar surface area (TPSA) is 127 Å². The highest BCUT2D eigenvalue weighted by molar-refractivity contribution is 7.92. The highest BCUT2D eigenvalue weighted by Gasteiger charge is 2.54. The molecule has 2 fully saturated rings. The molecule has 11 heteroatoms. The van der Waals surface area contributed by atoms with Crippen LogP contribution in [-0.4, -0.2) is 73.0 Å². The van der Waals surface area contributed by atoms with Crippen LogP contribution in [0.3, 0.4) is 0 Å². The highest BCUT2D eigenvalue weighted by atomic mass is 32.2. The number of hydrogen-bond donors (Lipinski definition) is 0. The fourth-order valence-electron chi connectivity index (χ4n) is 6.83. The van der Waals surface area contributed by atoms with Crippen molar-refractivity contribution in [1.29, 1.82) is 0 Å². The molecule has 0 bridgehead atoms. The number of likely N-dealkylation sites (tertiary alicyclic amines) is 1. The van der Waals surface area contributed by atoms with Crippen LogP contribution in [0.5, 0.6) is 0 Å². The lowest BCUT2D eigenvalue weighted by atomic mass is 9.90. The van der Waals surface area contributed by atoms with Crippen LogP contribution >= 0.6 is 0 Å². The smallest absolute Gasteiger partial charge is 0.409 e. The van der Waals surface area contributed by atoms with Gasteiger partial charge in [-0.2, -0.15) is 0 Å². The number of imide groups is 1. The Morgan fingerprint density at radius 1 is 0.786 bits per heavy atom. The molecule has 0 N–H and O–H groups in total. The van der Waals surface area contributed by atoms with Crippen molar-refractivity contribution in [2.75, 3.05) is 25.4 Å². The Labute approximate surface area is 241 Å². The van der Waals surface area contributed by atoms with E-state index < -0.39 is 50.8 Å². The van der Waals surface area contributed by atoms with Crippen LogP contribution in [-0.2, 0) is 24.2 Å². The Kier molecular flexibility index (Phi) is 6.16. The van der Waals surface area contributed by atoms with Gasteiger partial charge in [-0.25, -0.2) is 18.0 Å². The summed E-state index contributed by atoms with van der Waals surface area (Å²) >= 11 is 0. The third-order valence-corrected chi connectivity index (χ3v) is 11.1. The molecule has 0 aromatic heterocycles. The van der Waals surface area contributed by atoms with E-state index in [-0.39, 0.29) is 48.9 Å². The maximum atomic E-state index is 13.1. The number of sulfone groups is 1. The lowest BCUT2D eigenvalue weighted by Crippen LogP contribution is -2.35. The molecule has 3 aliphatic heterocycles. The summed E-state index contributed by atoms with van der Waals surface area (Å²) in [6, 6.07) is 22.1. The van der Waals surface area contributed by atoms with Crippen molar-refractivity contribution in [1.82, 2.24) is 9.96 Å². The summed E-state index contributed by atoms with van der Waals surface area (Å²) in [5, 5.41) is -0.402. The standard InChI is InChI=1S/C31H26N2O8S/c34-28(41-33-29(35)23-11-5-6-12-24(23)30(33)36)13-18-17-42(38,39)27-15-32(14-25(18)27)31(37)40-16-26-21-9-3-1-7-19(21)20-8-2-4-10-22(20)26/h1-12,18,25-27H,13-17H2/t18-,25+,27+/m1/s1. The third kappa shape index (κ3) is 4.18. The Bertz CT molecular complexity index is 1690. The molecule has 1 aliphatic carbocycles. The highest BCUT2D eigenvalue weighted by Crippen LogP contribution is 2.45. The Morgan fingerprint density at radius 2 is 1.33 bits per heavy atom. The van der Waals surface area contributed by atoms with Crippen molar-refractivity contribution in [2.45, 2.75) is 17.6 Å². The number of amides is 3. The van der Waals surface area contributed by atoms with E-state index >= 15 is 0 Å². The normalized spacial score (nSPS) is 23.4. The number of carbonyl (C=O) groups is 4. The number of fused-ring (bicyclic) bond motifs is 5. The zero-order valence-electron chi connectivity index (χ0n) is 22.3. The predicted octanol–water partition coefficient (Wildman–Crippen LogP) is 3.43. The van der Waals surface area contributed by atoms with E-state index in [2.05, 4.69) is 0 Å². The molecule has 0 unspecified atom stereocenters. The van der Waals surface area contributed by atoms with Crippen molar-refractivity contribution >= 4 is 33.7 Å². The van der Waals surface area contributed by atoms with Gasteiger partial charge in [0.05, 0.1) is 28.6 Å². The fraction of sp³-hybridized carbons (Fsp3) is 0.290. The maximum absolute atomic E-state index is 13.1. The average molecular weight is 587 g/mol. The zero-order valence-corrected chi connectivity index (χ0v) is 23.2. The first-order valence-electron chi connectivity index (χ1n) is 13.7. The maximum Gasteiger partial charge on any atom is 0.409 e. The summed E-state index contributed by atoms with van der Waals surface area (Å²) < 4.78 is 31.7. The number of nitrogens with zero attached hydrogens (tertiary/aromatic N) is 2. The molecule has 10 nitrogen and oxygen atoms in total. The summed E-state index contributed by atoms with van der Waals surface area (Å²) in [6.07, 6.45) is -0.916. The molecule has 3 aromatic carbocycles. The van der Waals surface area contributed by atoms with Crippen molar-refractivity contribution in [3.63, 3.8) is 0 Å². The van der Waals surface area contributed by atoms with Gasteiger partial charge >= 0.3 is 12.1 Å². The van der Waals surface area contributed by atoms with E-state index in [0.717, 1.165) is 22.3 Å². The van der Waals surface area contributed by atoms with Crippen molar-refractivity contribution in [2.24, 2.45) is 11.8 Å². The number of hydroxylamine groups is 2. The average Bonchev–Trinajstić information content (AvgIpc) is 3.70. The van der Waals surface area contributed by atoms with Crippen molar-refractivity contribution in [3.8, 4) is 11.1 Å². The molecule has 3 aromatic rings. The molecule has 0 spiro atoms. The largest absolute Gasteiger partial charge is 0.448 e. The lowest BCUT2D eigenvalue weighted by Gasteiger charge is -2.21. The Hall–Kier alpha value is -4.51. The van der Waals surface area contributed by atoms with Crippen molar-refractivity contribution in [3.05, 3.63) is 95.1 Å². The molecule has 3 heterocycles. The first kappa shape index (κ1) is 26.4. The first-order chi connectivity index (χ1) is 20.2. The van der Waals surface area contributed by atoms with Gasteiger partial charge in [0.1, 0.15) is 6.61 Å². The minimum Gasteiger partial charge on any atom is -0.448 e. The van der Waals surface area contributed by atoms with E-state index in [4.69, 9.17) is 9.57 Å². The summed E-state index contributed by atoms with van der Waals surface area (Å²) in [5.41, 5.74) is 4.62. The van der Waals surface area contributed by atoms with Gasteiger partial charge in [0.2, 0.25) is 0 Å². The van der Waals surface area contributed by atoms with Crippen LogP contribution in [0.2, 0.25) is 0 Å². The van der Waals surface area contributed by atoms with E-state index in [1.165, 1.54) is 17.0 Å². The van der Waals surface area contributed by atoms with Crippen LogP contribution in [0.4, 0.5) is 4.79 Å². The fourth-order valence-corrected chi connectivity index (χ4v) is 9.28. The molecule has 0 saturated carbocycles. The van der Waals surface area contributed by atoms with E-state index in [0.29, 0.717) is 5.06 Å². The van der Waals surface area contributed by atoms with Gasteiger partial charge in [-0.15, -0.1) is 0 Å². The van der Waals surface area contributed by atoms with Gasteiger partial charge in [-0.1, -0.05) is 65.7 Å². The van der Waals surface area contributed by atoms with Crippen LogP contribution in [0.25, 0.3) is 11.1 Å². The van der Waals surface area contributed by atoms with Crippen LogP contribution < -0.4 is 0 Å². The molecular formula is C31H26N2O8S. The van der Waals surface area contributed by atoms with E-state index in [9.17, 15) is 27.6 Å². The quantitative estimate of drug-likeness (QED) is 0.416. The molecule has 4 aliphatic rings. The molecule has 214 valence electrons. The van der Waals surface area contributed by atoms with Gasteiger partial charge < -0.3 is 14.5 Å². The molecule has 2 saturated heterocycles. The van der Waals surface area contributed by atoms with E-state index in [1.54, 1.807) is 12.1 Å². The van der Waals surface area contributed by atoms with Crippen LogP contribution in [0, 0.1) is 11.8 Å². The Balaban J connectivity index is 1.00. The predicted molar refractivity (Wildman–Crippen MR) is 149 cm³/mol. The Morgan fingerprint density at radius 3 is 1.93 bits per heavy atom. The third-order valence-electron chi connectivity index (χ3n) is 8.80. The van der Waals surface area contributed by atoms with Gasteiger partial charge in [-0.05, 0) is 46.2 Å². The minimum absolute atomic E-state index is 0.0202. The van der Waals surface area contributed by atoms with Gasteiger partial charge in [-0.3, -0.25) is 9.59 Å². The van der Waals surface area contributed by atoms with Crippen LogP contribution in [0.1, 0.15) is 44.2 Å². The van der Waals surface area contributed by atoms with Crippen LogP contribution in [0.15, 0.2) is 72.8 Å². The van der Waals surface area contributed by atoms with Gasteiger partial charge in [0, 0.05) is 19.0 Å². The second kappa shape index (κ2) is 9.80. The van der Waals surface area contributed by atoms with E-state index in [1.807, 2.05) is 48.5 Å². The molecular weight excluding hydrogens is 560 g/mol. The number of carbonyl (C=O) groups excluding carboxylic acids is 4. The lowest BCUT2D eigenvalue weighted by molar-refractivity contribution is -0.169. The zero-order chi connectivity index (χ0) is 29.2. The minimum atomic E-state index is -3.59. The molecule has 3 amide bonds. The number of benzene rings is 3. The van der Waals surface area contributed by atoms with Gasteiger partial charge in [0.25, 0.3) is 11.8 Å². The first-order valence-corrected chi connectivity index (χ1v) is 15.4. The SMILES string of the molecule is O=C(C[C@@H]1CS(=O)(=O)[C@H]2CN(C(=O)OCC3c4ccccc4-c4ccccc43)C[C@@H]12)ON1C(=O)c2ccccc2C1=O. The molecule has 3 atom stereocenters. The molecule has 42 heavy (non-hydrogen) atoms.